The van der Waals surface area contributed by atoms with E-state index in [1.54, 1.807) is 13.8 Å². The van der Waals surface area contributed by atoms with Gasteiger partial charge in [-0.2, -0.15) is 0 Å². The van der Waals surface area contributed by atoms with E-state index in [-0.39, 0.29) is 48.0 Å². The Morgan fingerprint density at radius 3 is 1.81 bits per heavy atom. The molecule has 13 heteroatoms. The standard InChI is InChI=1S/C39H65NO12/c1-19(40-46)25-11-14-39(45)27-8-7-23-15-24(9-12-37(23,5)26(27)10-13-38(25,39)6)50-31-17-29(42)35(21(3)48-31)52-33-18-30(43)36(22(4)49-33)51-32-16-28(41)34(44)20(2)47-32/h20-36,41-46H,7-18H2,1-6H3/b40-19+/t20-,21-,22-,23-,24+,25-,26+,27-,28+,29+,30+,31+,32+,33+,34-,35-,36-,37+,38-,39+/m1/s1. The summed E-state index contributed by atoms with van der Waals surface area (Å²) in [6.07, 6.45) is 0.233. The molecule has 0 aromatic carbocycles. The second kappa shape index (κ2) is 14.8. The van der Waals surface area contributed by atoms with Crippen molar-refractivity contribution in [3.05, 3.63) is 0 Å². The monoisotopic (exact) mass is 739 g/mol. The summed E-state index contributed by atoms with van der Waals surface area (Å²) in [4.78, 5) is 0. The fourth-order valence-corrected chi connectivity index (χ4v) is 12.3. The van der Waals surface area contributed by atoms with Gasteiger partial charge in [0.2, 0.25) is 0 Å². The second-order valence-corrected chi connectivity index (χ2v) is 18.2. The van der Waals surface area contributed by atoms with E-state index >= 15 is 0 Å². The Balaban J connectivity index is 0.899. The molecule has 3 saturated heterocycles. The van der Waals surface area contributed by atoms with Crippen LogP contribution in [0.2, 0.25) is 0 Å². The molecule has 0 aromatic rings. The molecule has 4 aliphatic carbocycles. The molecule has 0 bridgehead atoms. The highest BCUT2D eigenvalue weighted by Gasteiger charge is 2.67. The normalized spacial score (nSPS) is 55.7. The van der Waals surface area contributed by atoms with Crippen LogP contribution in [0, 0.1) is 34.5 Å². The maximum atomic E-state index is 12.4. The first kappa shape index (κ1) is 39.3. The van der Waals surface area contributed by atoms with Crippen molar-refractivity contribution in [2.75, 3.05) is 0 Å². The fraction of sp³-hybridized carbons (Fsp3) is 0.974. The Kier molecular flexibility index (Phi) is 11.2. The summed E-state index contributed by atoms with van der Waals surface area (Å²) in [5, 5.41) is 67.9. The molecule has 0 radical (unpaired) electrons. The van der Waals surface area contributed by atoms with Crippen LogP contribution < -0.4 is 0 Å². The summed E-state index contributed by atoms with van der Waals surface area (Å²) >= 11 is 0. The van der Waals surface area contributed by atoms with Crippen molar-refractivity contribution >= 4 is 5.71 Å². The van der Waals surface area contributed by atoms with E-state index in [4.69, 9.17) is 28.4 Å². The van der Waals surface area contributed by atoms with Crippen LogP contribution in [0.15, 0.2) is 5.16 Å². The average Bonchev–Trinajstić information content (AvgIpc) is 3.37. The van der Waals surface area contributed by atoms with Crippen LogP contribution in [-0.4, -0.2) is 122 Å². The zero-order chi connectivity index (χ0) is 37.3. The number of rotatable bonds is 7. The molecule has 0 amide bonds. The van der Waals surface area contributed by atoms with Crippen LogP contribution in [0.5, 0.6) is 0 Å². The minimum Gasteiger partial charge on any atom is -0.411 e. The van der Waals surface area contributed by atoms with Gasteiger partial charge in [-0.1, -0.05) is 19.0 Å². The third kappa shape index (κ3) is 6.79. The van der Waals surface area contributed by atoms with Gasteiger partial charge in [-0.3, -0.25) is 0 Å². The molecule has 298 valence electrons. The van der Waals surface area contributed by atoms with Crippen molar-refractivity contribution in [1.82, 2.24) is 0 Å². The molecule has 7 aliphatic rings. The van der Waals surface area contributed by atoms with Gasteiger partial charge >= 0.3 is 0 Å². The van der Waals surface area contributed by atoms with Crippen molar-refractivity contribution < 1.29 is 59.2 Å². The third-order valence-electron chi connectivity index (χ3n) is 15.4. The Bertz CT molecular complexity index is 1250. The Morgan fingerprint density at radius 1 is 0.654 bits per heavy atom. The zero-order valence-electron chi connectivity index (χ0n) is 31.9. The van der Waals surface area contributed by atoms with Crippen molar-refractivity contribution in [3.63, 3.8) is 0 Å². The maximum absolute atomic E-state index is 12.4. The van der Waals surface area contributed by atoms with E-state index in [2.05, 4.69) is 19.0 Å². The minimum absolute atomic E-state index is 0.0304. The van der Waals surface area contributed by atoms with Crippen LogP contribution in [-0.2, 0) is 28.4 Å². The van der Waals surface area contributed by atoms with Crippen LogP contribution in [0.3, 0.4) is 0 Å². The van der Waals surface area contributed by atoms with Gasteiger partial charge < -0.3 is 59.2 Å². The quantitative estimate of drug-likeness (QED) is 0.0965. The lowest BCUT2D eigenvalue weighted by Gasteiger charge is -2.63. The number of hydrogen-bond acceptors (Lipinski definition) is 13. The predicted octanol–water partition coefficient (Wildman–Crippen LogP) is 3.61. The van der Waals surface area contributed by atoms with Crippen LogP contribution in [0.4, 0.5) is 0 Å². The highest BCUT2D eigenvalue weighted by Crippen LogP contribution is 2.69. The Labute approximate surface area is 308 Å². The summed E-state index contributed by atoms with van der Waals surface area (Å²) in [6.45, 7) is 11.9. The first-order valence-corrected chi connectivity index (χ1v) is 20.1. The van der Waals surface area contributed by atoms with E-state index in [0.717, 1.165) is 63.5 Å². The highest BCUT2D eigenvalue weighted by molar-refractivity contribution is 5.85. The largest absolute Gasteiger partial charge is 0.411 e. The molecular weight excluding hydrogens is 674 g/mol. The van der Waals surface area contributed by atoms with Crippen LogP contribution in [0.25, 0.3) is 0 Å². The summed E-state index contributed by atoms with van der Waals surface area (Å²) in [5.74, 6) is 1.32. The van der Waals surface area contributed by atoms with Crippen LogP contribution >= 0.6 is 0 Å². The lowest BCUT2D eigenvalue weighted by molar-refractivity contribution is -0.336. The van der Waals surface area contributed by atoms with E-state index in [0.29, 0.717) is 11.8 Å². The van der Waals surface area contributed by atoms with E-state index < -0.39 is 79.4 Å². The molecule has 0 unspecified atom stereocenters. The van der Waals surface area contributed by atoms with Gasteiger partial charge in [0.1, 0.15) is 18.3 Å². The number of oxime groups is 1. The minimum atomic E-state index is -0.994. The molecule has 0 spiro atoms. The molecule has 6 N–H and O–H groups in total. The van der Waals surface area contributed by atoms with Gasteiger partial charge in [-0.05, 0) is 109 Å². The number of nitrogens with zero attached hydrogens (tertiary/aromatic N) is 1. The Hall–Kier alpha value is -0.970. The van der Waals surface area contributed by atoms with Crippen molar-refractivity contribution in [2.45, 2.75) is 204 Å². The third-order valence-corrected chi connectivity index (χ3v) is 15.4. The van der Waals surface area contributed by atoms with Crippen molar-refractivity contribution in [2.24, 2.45) is 39.7 Å². The van der Waals surface area contributed by atoms with Gasteiger partial charge in [0.25, 0.3) is 0 Å². The smallest absolute Gasteiger partial charge is 0.161 e. The molecule has 3 aliphatic heterocycles. The fourth-order valence-electron chi connectivity index (χ4n) is 12.3. The first-order chi connectivity index (χ1) is 24.6. The molecule has 52 heavy (non-hydrogen) atoms. The second-order valence-electron chi connectivity index (χ2n) is 18.2. The lowest BCUT2D eigenvalue weighted by Crippen LogP contribution is -2.62. The molecular formula is C39H65NO12. The van der Waals surface area contributed by atoms with Gasteiger partial charge in [0.05, 0.1) is 54.0 Å². The maximum Gasteiger partial charge on any atom is 0.161 e. The van der Waals surface area contributed by atoms with Crippen LogP contribution in [0.1, 0.15) is 119 Å². The molecule has 4 saturated carbocycles. The summed E-state index contributed by atoms with van der Waals surface area (Å²) in [7, 11) is 0. The van der Waals surface area contributed by atoms with E-state index in [9.17, 15) is 30.7 Å². The van der Waals surface area contributed by atoms with Gasteiger partial charge in [0.15, 0.2) is 18.9 Å². The first-order valence-electron chi connectivity index (χ1n) is 20.1. The van der Waals surface area contributed by atoms with Gasteiger partial charge in [-0.15, -0.1) is 0 Å². The van der Waals surface area contributed by atoms with E-state index in [1.165, 1.54) is 0 Å². The number of hydrogen-bond donors (Lipinski definition) is 6. The van der Waals surface area contributed by atoms with Crippen molar-refractivity contribution in [1.29, 1.82) is 0 Å². The number of aliphatic hydroxyl groups is 5. The van der Waals surface area contributed by atoms with Gasteiger partial charge in [0, 0.05) is 30.6 Å². The Morgan fingerprint density at radius 2 is 1.23 bits per heavy atom. The number of aliphatic hydroxyl groups excluding tert-OH is 4. The summed E-state index contributed by atoms with van der Waals surface area (Å²) < 4.78 is 36.9. The zero-order valence-corrected chi connectivity index (χ0v) is 31.9. The molecule has 7 fully saturated rings. The summed E-state index contributed by atoms with van der Waals surface area (Å²) in [5.41, 5.74) is -0.114. The van der Waals surface area contributed by atoms with Crippen molar-refractivity contribution in [3.8, 4) is 0 Å². The summed E-state index contributed by atoms with van der Waals surface area (Å²) in [6, 6.07) is 0. The molecule has 0 aromatic heterocycles. The van der Waals surface area contributed by atoms with E-state index in [1.807, 2.05) is 13.8 Å². The molecule has 13 nitrogen and oxygen atoms in total. The SMILES string of the molecule is C/C(=N\O)[C@H]1CC[C@]2(O)[C@@H]3CC[C@@H]4C[C@@H](O[C@H]5C[C@H](O)[C@H](O[C@H]6C[C@H](O)[C@H](O[C@H]7C[C@H](O)[C@H](O)[C@@H](C)O7)[C@@H](C)O6)[C@@H](C)O5)CC[C@]4(C)[C@H]3CC[C@]12C. The average molecular weight is 740 g/mol. The van der Waals surface area contributed by atoms with Gasteiger partial charge in [-0.25, -0.2) is 0 Å². The molecule has 3 heterocycles. The molecule has 7 rings (SSSR count). The highest BCUT2D eigenvalue weighted by atomic mass is 16.7. The molecule has 20 atom stereocenters. The number of fused-ring (bicyclic) bond motifs is 5. The topological polar surface area (TPSA) is 189 Å². The predicted molar refractivity (Wildman–Crippen MR) is 187 cm³/mol. The number of ether oxygens (including phenoxy) is 6. The lowest BCUT2D eigenvalue weighted by atomic mass is 9.43.